The fourth-order valence-corrected chi connectivity index (χ4v) is 2.72. The van der Waals surface area contributed by atoms with Crippen molar-refractivity contribution in [2.24, 2.45) is 0 Å². The van der Waals surface area contributed by atoms with Crippen LogP contribution in [0.5, 0.6) is 0 Å². The molecule has 1 aliphatic rings. The van der Waals surface area contributed by atoms with Gasteiger partial charge in [0, 0.05) is 13.2 Å². The first kappa shape index (κ1) is 15.0. The van der Waals surface area contributed by atoms with Crippen molar-refractivity contribution >= 4 is 15.9 Å². The average molecular weight is 298 g/mol. The lowest BCUT2D eigenvalue weighted by atomic mass is 10.2. The standard InChI is InChI=1S/C13H18N2O4S/c1-14-20(17,18)11-6-4-10(5-7-11)9-15-13(16)12-3-2-8-19-12/h4-7,12,14H,2-3,8-9H2,1H3,(H,15,16). The summed E-state index contributed by atoms with van der Waals surface area (Å²) in [7, 11) is -2.05. The van der Waals surface area contributed by atoms with Gasteiger partial charge in [-0.05, 0) is 37.6 Å². The second-order valence-corrected chi connectivity index (χ2v) is 6.46. The maximum atomic E-state index is 11.7. The van der Waals surface area contributed by atoms with E-state index in [1.807, 2.05) is 0 Å². The Balaban J connectivity index is 1.92. The van der Waals surface area contributed by atoms with E-state index in [2.05, 4.69) is 10.0 Å². The van der Waals surface area contributed by atoms with Crippen LogP contribution < -0.4 is 10.0 Å². The van der Waals surface area contributed by atoms with Crippen LogP contribution in [0.2, 0.25) is 0 Å². The Bertz CT molecular complexity index is 563. The van der Waals surface area contributed by atoms with Gasteiger partial charge < -0.3 is 10.1 Å². The van der Waals surface area contributed by atoms with E-state index in [0.717, 1.165) is 18.4 Å². The fourth-order valence-electron chi connectivity index (χ4n) is 1.99. The molecule has 0 bridgehead atoms. The molecule has 1 heterocycles. The molecule has 0 aliphatic carbocycles. The van der Waals surface area contributed by atoms with Gasteiger partial charge in [0.15, 0.2) is 0 Å². The molecule has 0 spiro atoms. The van der Waals surface area contributed by atoms with Gasteiger partial charge in [0.1, 0.15) is 6.10 Å². The van der Waals surface area contributed by atoms with Crippen LogP contribution in [0.25, 0.3) is 0 Å². The number of benzene rings is 1. The third kappa shape index (κ3) is 3.56. The molecule has 110 valence electrons. The van der Waals surface area contributed by atoms with Crippen molar-refractivity contribution in [3.8, 4) is 0 Å². The molecule has 7 heteroatoms. The van der Waals surface area contributed by atoms with E-state index in [1.54, 1.807) is 12.1 Å². The van der Waals surface area contributed by atoms with Gasteiger partial charge in [0.2, 0.25) is 15.9 Å². The Morgan fingerprint density at radius 3 is 2.60 bits per heavy atom. The molecule has 1 unspecified atom stereocenters. The molecular weight excluding hydrogens is 280 g/mol. The summed E-state index contributed by atoms with van der Waals surface area (Å²) >= 11 is 0. The highest BCUT2D eigenvalue weighted by atomic mass is 32.2. The number of nitrogens with one attached hydrogen (secondary N) is 2. The lowest BCUT2D eigenvalue weighted by molar-refractivity contribution is -0.130. The molecule has 1 aromatic rings. The van der Waals surface area contributed by atoms with E-state index in [9.17, 15) is 13.2 Å². The lowest BCUT2D eigenvalue weighted by Crippen LogP contribution is -2.33. The van der Waals surface area contributed by atoms with Crippen molar-refractivity contribution in [2.45, 2.75) is 30.4 Å². The number of hydrogen-bond acceptors (Lipinski definition) is 4. The van der Waals surface area contributed by atoms with E-state index in [4.69, 9.17) is 4.74 Å². The SMILES string of the molecule is CNS(=O)(=O)c1ccc(CNC(=O)C2CCCO2)cc1. The summed E-state index contributed by atoms with van der Waals surface area (Å²) in [4.78, 5) is 12.0. The Kier molecular flexibility index (Phi) is 4.74. The van der Waals surface area contributed by atoms with Gasteiger partial charge in [-0.3, -0.25) is 4.79 Å². The van der Waals surface area contributed by atoms with Gasteiger partial charge in [-0.25, -0.2) is 13.1 Å². The summed E-state index contributed by atoms with van der Waals surface area (Å²) in [5.41, 5.74) is 0.839. The zero-order chi connectivity index (χ0) is 14.6. The summed E-state index contributed by atoms with van der Waals surface area (Å²) < 4.78 is 30.6. The lowest BCUT2D eigenvalue weighted by Gasteiger charge is -2.10. The number of carbonyl (C=O) groups excluding carboxylic acids is 1. The number of ether oxygens (including phenoxy) is 1. The maximum absolute atomic E-state index is 11.7. The van der Waals surface area contributed by atoms with Crippen molar-refractivity contribution in [3.05, 3.63) is 29.8 Å². The molecule has 2 N–H and O–H groups in total. The van der Waals surface area contributed by atoms with Gasteiger partial charge in [-0.15, -0.1) is 0 Å². The summed E-state index contributed by atoms with van der Waals surface area (Å²) in [5, 5.41) is 2.78. The Hall–Kier alpha value is -1.44. The van der Waals surface area contributed by atoms with Crippen LogP contribution in [-0.2, 0) is 26.1 Å². The van der Waals surface area contributed by atoms with Gasteiger partial charge in [0.05, 0.1) is 4.90 Å². The van der Waals surface area contributed by atoms with Crippen LogP contribution in [0.3, 0.4) is 0 Å². The molecule has 2 rings (SSSR count). The molecule has 1 amide bonds. The largest absolute Gasteiger partial charge is 0.368 e. The molecule has 1 saturated heterocycles. The highest BCUT2D eigenvalue weighted by Gasteiger charge is 2.23. The summed E-state index contributed by atoms with van der Waals surface area (Å²) in [6.07, 6.45) is 1.32. The summed E-state index contributed by atoms with van der Waals surface area (Å²) in [5.74, 6) is -0.116. The van der Waals surface area contributed by atoms with Gasteiger partial charge >= 0.3 is 0 Å². The van der Waals surface area contributed by atoms with Crippen molar-refractivity contribution in [2.75, 3.05) is 13.7 Å². The number of amides is 1. The van der Waals surface area contributed by atoms with E-state index >= 15 is 0 Å². The highest BCUT2D eigenvalue weighted by Crippen LogP contribution is 2.13. The number of rotatable bonds is 5. The second kappa shape index (κ2) is 6.34. The van der Waals surface area contributed by atoms with Crippen molar-refractivity contribution in [3.63, 3.8) is 0 Å². The first-order valence-corrected chi connectivity index (χ1v) is 7.93. The van der Waals surface area contributed by atoms with E-state index in [-0.39, 0.29) is 16.9 Å². The molecule has 0 radical (unpaired) electrons. The van der Waals surface area contributed by atoms with Crippen LogP contribution in [0, 0.1) is 0 Å². The molecule has 1 aromatic carbocycles. The first-order chi connectivity index (χ1) is 9.53. The minimum atomic E-state index is -3.42. The maximum Gasteiger partial charge on any atom is 0.249 e. The topological polar surface area (TPSA) is 84.5 Å². The molecule has 1 atom stereocenters. The van der Waals surface area contributed by atoms with Crippen molar-refractivity contribution < 1.29 is 17.9 Å². The van der Waals surface area contributed by atoms with Crippen LogP contribution in [-0.4, -0.2) is 34.1 Å². The molecule has 6 nitrogen and oxygen atoms in total. The molecule has 20 heavy (non-hydrogen) atoms. The minimum Gasteiger partial charge on any atom is -0.368 e. The Morgan fingerprint density at radius 1 is 1.35 bits per heavy atom. The van der Waals surface area contributed by atoms with E-state index in [1.165, 1.54) is 19.2 Å². The van der Waals surface area contributed by atoms with Gasteiger partial charge in [0.25, 0.3) is 0 Å². The van der Waals surface area contributed by atoms with Crippen LogP contribution >= 0.6 is 0 Å². The molecular formula is C13H18N2O4S. The first-order valence-electron chi connectivity index (χ1n) is 6.45. The fraction of sp³-hybridized carbons (Fsp3) is 0.462. The van der Waals surface area contributed by atoms with Gasteiger partial charge in [-0.1, -0.05) is 12.1 Å². The second-order valence-electron chi connectivity index (χ2n) is 4.57. The summed E-state index contributed by atoms with van der Waals surface area (Å²) in [6.45, 7) is 0.993. The van der Waals surface area contributed by atoms with Crippen molar-refractivity contribution in [1.29, 1.82) is 0 Å². The average Bonchev–Trinajstić information content (AvgIpc) is 2.99. The van der Waals surface area contributed by atoms with Crippen molar-refractivity contribution in [1.82, 2.24) is 10.0 Å². The molecule has 0 aromatic heterocycles. The highest BCUT2D eigenvalue weighted by molar-refractivity contribution is 7.89. The predicted molar refractivity (Wildman–Crippen MR) is 73.5 cm³/mol. The smallest absolute Gasteiger partial charge is 0.249 e. The normalized spacial score (nSPS) is 18.9. The predicted octanol–water partition coefficient (Wildman–Crippen LogP) is 0.390. The monoisotopic (exact) mass is 298 g/mol. The third-order valence-electron chi connectivity index (χ3n) is 3.19. The van der Waals surface area contributed by atoms with E-state index in [0.29, 0.717) is 13.2 Å². The number of hydrogen-bond donors (Lipinski definition) is 2. The van der Waals surface area contributed by atoms with Crippen LogP contribution in [0.4, 0.5) is 0 Å². The zero-order valence-corrected chi connectivity index (χ0v) is 12.1. The zero-order valence-electron chi connectivity index (χ0n) is 11.3. The van der Waals surface area contributed by atoms with Crippen LogP contribution in [0.15, 0.2) is 29.2 Å². The van der Waals surface area contributed by atoms with Gasteiger partial charge in [-0.2, -0.15) is 0 Å². The Morgan fingerprint density at radius 2 is 2.05 bits per heavy atom. The molecule has 1 fully saturated rings. The van der Waals surface area contributed by atoms with E-state index < -0.39 is 10.0 Å². The number of sulfonamides is 1. The Labute approximate surface area is 118 Å². The third-order valence-corrected chi connectivity index (χ3v) is 4.62. The minimum absolute atomic E-state index is 0.116. The quantitative estimate of drug-likeness (QED) is 0.823. The summed E-state index contributed by atoms with van der Waals surface area (Å²) in [6, 6.07) is 6.39. The molecule has 0 saturated carbocycles. The molecule has 1 aliphatic heterocycles. The van der Waals surface area contributed by atoms with Crippen LogP contribution in [0.1, 0.15) is 18.4 Å². The number of carbonyl (C=O) groups is 1.